The van der Waals surface area contributed by atoms with Gasteiger partial charge in [-0.15, -0.1) is 11.3 Å². The molecule has 1 aromatic carbocycles. The van der Waals surface area contributed by atoms with Gasteiger partial charge in [-0.1, -0.05) is 36.1 Å². The first-order chi connectivity index (χ1) is 11.8. The number of rotatable bonds is 1. The Hall–Kier alpha value is -2.46. The van der Waals surface area contributed by atoms with Crippen LogP contribution >= 0.6 is 11.3 Å². The minimum Gasteiger partial charge on any atom is -0.412 e. The van der Waals surface area contributed by atoms with E-state index in [0.29, 0.717) is 5.13 Å². The highest BCUT2D eigenvalue weighted by Crippen LogP contribution is 2.24. The van der Waals surface area contributed by atoms with Crippen LogP contribution in [-0.2, 0) is 12.8 Å². The molecule has 3 aromatic rings. The molecule has 0 atom stereocenters. The van der Waals surface area contributed by atoms with E-state index in [4.69, 9.17) is 5.73 Å². The molecule has 0 unspecified atom stereocenters. The highest BCUT2D eigenvalue weighted by molar-refractivity contribution is 7.15. The second-order valence-corrected chi connectivity index (χ2v) is 7.02. The van der Waals surface area contributed by atoms with Gasteiger partial charge in [0.2, 0.25) is 0 Å². The van der Waals surface area contributed by atoms with Gasteiger partial charge in [-0.3, -0.25) is 9.88 Å². The Morgan fingerprint density at radius 1 is 1.16 bits per heavy atom. The van der Waals surface area contributed by atoms with E-state index in [1.165, 1.54) is 10.6 Å². The predicted octanol–water partition coefficient (Wildman–Crippen LogP) is 1.90. The number of anilines is 1. The summed E-state index contributed by atoms with van der Waals surface area (Å²) in [5.41, 5.74) is 7.97. The van der Waals surface area contributed by atoms with Crippen LogP contribution < -0.4 is 5.73 Å². The average Bonchev–Trinajstić information content (AvgIpc) is 2.86. The quantitative estimate of drug-likeness (QED) is 0.678. The molecular weight excluding hydrogens is 332 g/mol. The van der Waals surface area contributed by atoms with Crippen molar-refractivity contribution < 1.29 is 5.48 Å². The third kappa shape index (κ3) is 3.80. The Morgan fingerprint density at radius 2 is 2.00 bits per heavy atom. The molecule has 1 aliphatic rings. The van der Waals surface area contributed by atoms with Gasteiger partial charge in [-0.05, 0) is 6.42 Å². The largest absolute Gasteiger partial charge is 0.412 e. The van der Waals surface area contributed by atoms with Crippen molar-refractivity contribution in [2.45, 2.75) is 12.8 Å². The number of fused-ring (bicyclic) bond motifs is 2. The molecular formula is C19H20N4OS. The highest BCUT2D eigenvalue weighted by atomic mass is 32.1. The number of benzene rings is 1. The zero-order valence-electron chi connectivity index (χ0n) is 13.8. The van der Waals surface area contributed by atoms with Gasteiger partial charge in [0.15, 0.2) is 5.13 Å². The van der Waals surface area contributed by atoms with E-state index >= 15 is 0 Å². The second kappa shape index (κ2) is 7.62. The number of hydrogen-bond donors (Lipinski definition) is 1. The highest BCUT2D eigenvalue weighted by Gasteiger charge is 2.16. The van der Waals surface area contributed by atoms with E-state index in [9.17, 15) is 0 Å². The maximum Gasteiger partial charge on any atom is 0.180 e. The minimum absolute atomic E-state index is 0. The minimum atomic E-state index is 0. The molecule has 5 nitrogen and oxygen atoms in total. The SMILES string of the molecule is Nc1nc2c(s1)CCN(CC#Cc1cncc3ccccc13)CC2.O. The lowest BCUT2D eigenvalue weighted by atomic mass is 10.1. The number of nitrogens with zero attached hydrogens (tertiary/aromatic N) is 3. The fourth-order valence-electron chi connectivity index (χ4n) is 3.05. The van der Waals surface area contributed by atoms with Gasteiger partial charge in [0, 0.05) is 47.6 Å². The van der Waals surface area contributed by atoms with Gasteiger partial charge in [-0.25, -0.2) is 4.98 Å². The van der Waals surface area contributed by atoms with Gasteiger partial charge in [0.25, 0.3) is 0 Å². The van der Waals surface area contributed by atoms with Crippen LogP contribution in [0.3, 0.4) is 0 Å². The van der Waals surface area contributed by atoms with Crippen LogP contribution in [0.4, 0.5) is 5.13 Å². The molecule has 0 spiro atoms. The Bertz CT molecular complexity index is 910. The molecule has 128 valence electrons. The first-order valence-corrected chi connectivity index (χ1v) is 8.89. The van der Waals surface area contributed by atoms with E-state index in [1.54, 1.807) is 11.3 Å². The summed E-state index contributed by atoms with van der Waals surface area (Å²) in [6.45, 7) is 2.77. The summed E-state index contributed by atoms with van der Waals surface area (Å²) >= 11 is 1.62. The van der Waals surface area contributed by atoms with Crippen LogP contribution in [0.1, 0.15) is 16.1 Å². The summed E-state index contributed by atoms with van der Waals surface area (Å²) < 4.78 is 0. The number of nitrogen functional groups attached to an aromatic ring is 1. The van der Waals surface area contributed by atoms with Crippen molar-refractivity contribution in [3.05, 3.63) is 52.8 Å². The smallest absolute Gasteiger partial charge is 0.180 e. The van der Waals surface area contributed by atoms with Gasteiger partial charge >= 0.3 is 0 Å². The summed E-state index contributed by atoms with van der Waals surface area (Å²) in [6.07, 6.45) is 5.70. The standard InChI is InChI=1S/C19H18N4S.H2O/c20-19-22-17-7-10-23(11-8-18(17)24-19)9-3-5-15-13-21-12-14-4-1-2-6-16(14)15;/h1-2,4,6,12-13H,7-11H2,(H2,20,22);1H2. The van der Waals surface area contributed by atoms with Crippen LogP contribution in [-0.4, -0.2) is 40.0 Å². The lowest BCUT2D eigenvalue weighted by Gasteiger charge is -2.15. The Kier molecular flexibility index (Phi) is 5.29. The van der Waals surface area contributed by atoms with Crippen LogP contribution in [0.15, 0.2) is 36.7 Å². The number of hydrogen-bond acceptors (Lipinski definition) is 5. The Balaban J connectivity index is 0.00000182. The van der Waals surface area contributed by atoms with E-state index in [1.807, 2.05) is 24.5 Å². The summed E-state index contributed by atoms with van der Waals surface area (Å²) in [5.74, 6) is 6.61. The zero-order chi connectivity index (χ0) is 16.4. The van der Waals surface area contributed by atoms with Gasteiger partial charge in [0.05, 0.1) is 17.8 Å². The lowest BCUT2D eigenvalue weighted by molar-refractivity contribution is 0.323. The maximum atomic E-state index is 5.80. The maximum absolute atomic E-state index is 5.80. The van der Waals surface area contributed by atoms with Crippen molar-refractivity contribution in [3.63, 3.8) is 0 Å². The third-order valence-electron chi connectivity index (χ3n) is 4.31. The molecule has 0 saturated heterocycles. The molecule has 4 N–H and O–H groups in total. The summed E-state index contributed by atoms with van der Waals surface area (Å²) in [6, 6.07) is 8.23. The summed E-state index contributed by atoms with van der Waals surface area (Å²) in [5, 5.41) is 2.99. The molecule has 0 bridgehead atoms. The van der Waals surface area contributed by atoms with E-state index in [-0.39, 0.29) is 5.48 Å². The number of pyridine rings is 1. The van der Waals surface area contributed by atoms with Crippen molar-refractivity contribution in [2.75, 3.05) is 25.4 Å². The summed E-state index contributed by atoms with van der Waals surface area (Å²) in [4.78, 5) is 12.4. The Labute approximate surface area is 150 Å². The normalized spacial score (nSPS) is 14.1. The predicted molar refractivity (Wildman–Crippen MR) is 103 cm³/mol. The Morgan fingerprint density at radius 3 is 2.92 bits per heavy atom. The molecule has 25 heavy (non-hydrogen) atoms. The molecule has 0 aliphatic carbocycles. The monoisotopic (exact) mass is 352 g/mol. The molecule has 0 radical (unpaired) electrons. The van der Waals surface area contributed by atoms with E-state index in [0.717, 1.165) is 48.8 Å². The van der Waals surface area contributed by atoms with Crippen molar-refractivity contribution in [1.82, 2.24) is 14.9 Å². The second-order valence-electron chi connectivity index (χ2n) is 5.91. The molecule has 2 aromatic heterocycles. The van der Waals surface area contributed by atoms with Gasteiger partial charge < -0.3 is 11.2 Å². The molecule has 0 amide bonds. The molecule has 6 heteroatoms. The first-order valence-electron chi connectivity index (χ1n) is 8.07. The summed E-state index contributed by atoms with van der Waals surface area (Å²) in [7, 11) is 0. The van der Waals surface area contributed by atoms with Gasteiger partial charge in [-0.2, -0.15) is 0 Å². The molecule has 0 saturated carbocycles. The van der Waals surface area contributed by atoms with Crippen molar-refractivity contribution in [1.29, 1.82) is 0 Å². The van der Waals surface area contributed by atoms with Crippen LogP contribution in [0.2, 0.25) is 0 Å². The number of aromatic nitrogens is 2. The topological polar surface area (TPSA) is 86.5 Å². The number of nitrogens with two attached hydrogens (primary N) is 1. The fraction of sp³-hybridized carbons (Fsp3) is 0.263. The fourth-order valence-corrected chi connectivity index (χ4v) is 3.92. The van der Waals surface area contributed by atoms with Crippen LogP contribution in [0.5, 0.6) is 0 Å². The molecule has 4 rings (SSSR count). The zero-order valence-corrected chi connectivity index (χ0v) is 14.6. The van der Waals surface area contributed by atoms with Crippen molar-refractivity contribution in [3.8, 4) is 11.8 Å². The molecule has 0 fully saturated rings. The first kappa shape index (κ1) is 17.4. The number of thiazole rings is 1. The average molecular weight is 352 g/mol. The molecule has 3 heterocycles. The third-order valence-corrected chi connectivity index (χ3v) is 5.30. The van der Waals surface area contributed by atoms with E-state index in [2.05, 4.69) is 38.8 Å². The van der Waals surface area contributed by atoms with E-state index < -0.39 is 0 Å². The van der Waals surface area contributed by atoms with Crippen LogP contribution in [0, 0.1) is 11.8 Å². The molecule has 1 aliphatic heterocycles. The van der Waals surface area contributed by atoms with Crippen molar-refractivity contribution >= 4 is 27.2 Å². The van der Waals surface area contributed by atoms with Gasteiger partial charge in [0.1, 0.15) is 0 Å². The lowest BCUT2D eigenvalue weighted by Crippen LogP contribution is -2.26. The van der Waals surface area contributed by atoms with Crippen molar-refractivity contribution in [2.24, 2.45) is 0 Å². The van der Waals surface area contributed by atoms with Crippen LogP contribution in [0.25, 0.3) is 10.8 Å².